The number of carbonyl (C=O) groups excluding carboxylic acids is 2. The lowest BCUT2D eigenvalue weighted by Gasteiger charge is -2.32. The van der Waals surface area contributed by atoms with Crippen molar-refractivity contribution in [1.29, 1.82) is 0 Å². The molecule has 2 amide bonds. The van der Waals surface area contributed by atoms with E-state index < -0.39 is 29.6 Å². The Labute approximate surface area is 178 Å². The van der Waals surface area contributed by atoms with Gasteiger partial charge in [-0.15, -0.1) is 0 Å². The molecule has 0 radical (unpaired) electrons. The van der Waals surface area contributed by atoms with E-state index in [9.17, 15) is 14.7 Å². The van der Waals surface area contributed by atoms with Crippen molar-refractivity contribution in [2.24, 2.45) is 0 Å². The Bertz CT molecular complexity index is 894. The van der Waals surface area contributed by atoms with E-state index in [1.54, 1.807) is 39.2 Å². The molecule has 1 heterocycles. The molecule has 0 aromatic heterocycles. The van der Waals surface area contributed by atoms with Crippen molar-refractivity contribution >= 4 is 27.9 Å². The number of carbonyl (C=O) groups is 2. The standard InChI is InChI=1S/C22H24BrNO5/c1-22(2,27)19(15-9-10-18(28-3)17(23)12-15)20(25)24-16(13-29-21(24)26)11-14-7-5-4-6-8-14/h4-10,12,16,19,27H,11,13H2,1-3H3/t16-,19-/m0/s1. The minimum absolute atomic E-state index is 0.129. The van der Waals surface area contributed by atoms with E-state index >= 15 is 0 Å². The Balaban J connectivity index is 1.94. The van der Waals surface area contributed by atoms with Gasteiger partial charge in [-0.1, -0.05) is 36.4 Å². The second-order valence-electron chi connectivity index (χ2n) is 7.61. The third-order valence-electron chi connectivity index (χ3n) is 4.98. The van der Waals surface area contributed by atoms with Gasteiger partial charge in [0.15, 0.2) is 0 Å². The number of hydrogen-bond acceptors (Lipinski definition) is 5. The largest absolute Gasteiger partial charge is 0.496 e. The maximum atomic E-state index is 13.5. The second-order valence-corrected chi connectivity index (χ2v) is 8.46. The Kier molecular flexibility index (Phi) is 6.29. The molecule has 7 heteroatoms. The lowest BCUT2D eigenvalue weighted by molar-refractivity contribution is -0.136. The highest BCUT2D eigenvalue weighted by atomic mass is 79.9. The summed E-state index contributed by atoms with van der Waals surface area (Å²) in [5, 5.41) is 10.8. The van der Waals surface area contributed by atoms with Crippen LogP contribution in [0.2, 0.25) is 0 Å². The molecule has 29 heavy (non-hydrogen) atoms. The normalized spacial score (nSPS) is 17.8. The van der Waals surface area contributed by atoms with Gasteiger partial charge >= 0.3 is 6.09 Å². The maximum absolute atomic E-state index is 13.5. The smallest absolute Gasteiger partial charge is 0.417 e. The first kappa shape index (κ1) is 21.3. The van der Waals surface area contributed by atoms with Crippen molar-refractivity contribution in [3.8, 4) is 5.75 Å². The number of imide groups is 1. The van der Waals surface area contributed by atoms with Gasteiger partial charge in [0.1, 0.15) is 12.4 Å². The first-order valence-electron chi connectivity index (χ1n) is 9.32. The van der Waals surface area contributed by atoms with E-state index in [-0.39, 0.29) is 6.61 Å². The fraction of sp³-hybridized carbons (Fsp3) is 0.364. The maximum Gasteiger partial charge on any atom is 0.417 e. The molecule has 1 saturated heterocycles. The molecule has 2 aromatic carbocycles. The molecule has 1 N–H and O–H groups in total. The number of benzene rings is 2. The number of hydrogen-bond donors (Lipinski definition) is 1. The quantitative estimate of drug-likeness (QED) is 0.705. The molecule has 1 aliphatic rings. The van der Waals surface area contributed by atoms with Gasteiger partial charge in [0.25, 0.3) is 0 Å². The van der Waals surface area contributed by atoms with Crippen molar-refractivity contribution in [3.63, 3.8) is 0 Å². The number of amides is 2. The second kappa shape index (κ2) is 8.55. The summed E-state index contributed by atoms with van der Waals surface area (Å²) in [5.74, 6) is -0.829. The molecule has 0 spiro atoms. The number of ether oxygens (including phenoxy) is 2. The van der Waals surface area contributed by atoms with Gasteiger partial charge in [-0.25, -0.2) is 9.69 Å². The third kappa shape index (κ3) is 4.62. The van der Waals surface area contributed by atoms with Crippen LogP contribution in [0.15, 0.2) is 53.0 Å². The van der Waals surface area contributed by atoms with Crippen molar-refractivity contribution in [2.75, 3.05) is 13.7 Å². The fourth-order valence-electron chi connectivity index (χ4n) is 3.62. The average molecular weight is 462 g/mol. The highest BCUT2D eigenvalue weighted by Crippen LogP contribution is 2.36. The van der Waals surface area contributed by atoms with Crippen LogP contribution >= 0.6 is 15.9 Å². The van der Waals surface area contributed by atoms with Gasteiger partial charge in [0.05, 0.1) is 29.1 Å². The van der Waals surface area contributed by atoms with Gasteiger partial charge in [0.2, 0.25) is 5.91 Å². The highest BCUT2D eigenvalue weighted by Gasteiger charge is 2.45. The summed E-state index contributed by atoms with van der Waals surface area (Å²) in [6.07, 6.45) is -0.193. The van der Waals surface area contributed by atoms with Crippen LogP contribution in [-0.4, -0.2) is 47.4 Å². The van der Waals surface area contributed by atoms with Crippen molar-refractivity contribution in [2.45, 2.75) is 37.8 Å². The molecule has 0 unspecified atom stereocenters. The SMILES string of the molecule is COc1ccc([C@@H](C(=O)N2C(=O)OC[C@@H]2Cc2ccccc2)C(C)(C)O)cc1Br. The summed E-state index contributed by atoms with van der Waals surface area (Å²) in [4.78, 5) is 27.1. The molecule has 0 aliphatic carbocycles. The highest BCUT2D eigenvalue weighted by molar-refractivity contribution is 9.10. The number of halogens is 1. The monoisotopic (exact) mass is 461 g/mol. The lowest BCUT2D eigenvalue weighted by Crippen LogP contribution is -2.48. The van der Waals surface area contributed by atoms with Gasteiger partial charge in [-0.2, -0.15) is 0 Å². The predicted octanol–water partition coefficient (Wildman–Crippen LogP) is 3.90. The number of cyclic esters (lactones) is 1. The van der Waals surface area contributed by atoms with Gasteiger partial charge in [-0.05, 0) is 59.5 Å². The van der Waals surface area contributed by atoms with Crippen molar-refractivity contribution in [1.82, 2.24) is 4.90 Å². The molecule has 0 bridgehead atoms. The Morgan fingerprint density at radius 3 is 2.59 bits per heavy atom. The average Bonchev–Trinajstić information content (AvgIpc) is 3.02. The number of methoxy groups -OCH3 is 1. The third-order valence-corrected chi connectivity index (χ3v) is 5.59. The van der Waals surface area contributed by atoms with E-state index in [0.29, 0.717) is 22.2 Å². The first-order valence-corrected chi connectivity index (χ1v) is 10.1. The summed E-state index contributed by atoms with van der Waals surface area (Å²) in [7, 11) is 1.55. The molecule has 1 fully saturated rings. The summed E-state index contributed by atoms with van der Waals surface area (Å²) < 4.78 is 11.1. The van der Waals surface area contributed by atoms with Crippen LogP contribution in [0.5, 0.6) is 5.75 Å². The molecular formula is C22H24BrNO5. The Hall–Kier alpha value is -2.38. The van der Waals surface area contributed by atoms with E-state index in [0.717, 1.165) is 10.5 Å². The Morgan fingerprint density at radius 2 is 2.00 bits per heavy atom. The molecule has 6 nitrogen and oxygen atoms in total. The minimum Gasteiger partial charge on any atom is -0.496 e. The molecule has 2 atom stereocenters. The predicted molar refractivity (Wildman–Crippen MR) is 112 cm³/mol. The van der Waals surface area contributed by atoms with Gasteiger partial charge in [0, 0.05) is 0 Å². The number of aliphatic hydroxyl groups is 1. The molecular weight excluding hydrogens is 438 g/mol. The Morgan fingerprint density at radius 1 is 1.31 bits per heavy atom. The van der Waals surface area contributed by atoms with Crippen LogP contribution in [0.4, 0.5) is 4.79 Å². The van der Waals surface area contributed by atoms with E-state index in [2.05, 4.69) is 15.9 Å². The van der Waals surface area contributed by atoms with E-state index in [4.69, 9.17) is 9.47 Å². The van der Waals surface area contributed by atoms with Crippen LogP contribution in [-0.2, 0) is 16.0 Å². The molecule has 0 saturated carbocycles. The zero-order valence-corrected chi connectivity index (χ0v) is 18.2. The van der Waals surface area contributed by atoms with Crippen LogP contribution in [0, 0.1) is 0 Å². The number of nitrogens with zero attached hydrogens (tertiary/aromatic N) is 1. The number of rotatable bonds is 6. The van der Waals surface area contributed by atoms with Crippen LogP contribution in [0.1, 0.15) is 30.9 Å². The summed E-state index contributed by atoms with van der Waals surface area (Å²) in [5.41, 5.74) is 0.180. The zero-order chi connectivity index (χ0) is 21.2. The summed E-state index contributed by atoms with van der Waals surface area (Å²) in [6, 6.07) is 14.4. The fourth-order valence-corrected chi connectivity index (χ4v) is 4.18. The van der Waals surface area contributed by atoms with Gasteiger partial charge in [-0.3, -0.25) is 4.79 Å². The first-order chi connectivity index (χ1) is 13.7. The van der Waals surface area contributed by atoms with Crippen LogP contribution in [0.25, 0.3) is 0 Å². The molecule has 2 aromatic rings. The van der Waals surface area contributed by atoms with Crippen molar-refractivity contribution in [3.05, 3.63) is 64.1 Å². The zero-order valence-electron chi connectivity index (χ0n) is 16.6. The summed E-state index contributed by atoms with van der Waals surface area (Å²) in [6.45, 7) is 3.24. The molecule has 1 aliphatic heterocycles. The van der Waals surface area contributed by atoms with Crippen LogP contribution in [0.3, 0.4) is 0 Å². The van der Waals surface area contributed by atoms with Crippen LogP contribution < -0.4 is 4.74 Å². The minimum atomic E-state index is -1.40. The van der Waals surface area contributed by atoms with Gasteiger partial charge < -0.3 is 14.6 Å². The topological polar surface area (TPSA) is 76.1 Å². The summed E-state index contributed by atoms with van der Waals surface area (Å²) >= 11 is 3.42. The molecule has 154 valence electrons. The van der Waals surface area contributed by atoms with E-state index in [1.165, 1.54) is 0 Å². The molecule has 3 rings (SSSR count). The van der Waals surface area contributed by atoms with E-state index in [1.807, 2.05) is 30.3 Å². The van der Waals surface area contributed by atoms with Crippen molar-refractivity contribution < 1.29 is 24.2 Å². The lowest BCUT2D eigenvalue weighted by atomic mass is 9.83.